The van der Waals surface area contributed by atoms with Crippen LogP contribution < -0.4 is 15.0 Å². The Morgan fingerprint density at radius 3 is 2.70 bits per heavy atom. The molecule has 0 bridgehead atoms. The first-order chi connectivity index (χ1) is 14.5. The smallest absolute Gasteiger partial charge is 0.258 e. The van der Waals surface area contributed by atoms with Crippen LogP contribution in [0.4, 0.5) is 11.4 Å². The number of nitrogens with zero attached hydrogens (tertiary/aromatic N) is 1. The van der Waals surface area contributed by atoms with Crippen LogP contribution in [0, 0.1) is 6.92 Å². The van der Waals surface area contributed by atoms with Crippen molar-refractivity contribution >= 4 is 34.0 Å². The Kier molecular flexibility index (Phi) is 5.44. The molecule has 1 heterocycles. The molecule has 3 aromatic carbocycles. The van der Waals surface area contributed by atoms with Crippen LogP contribution in [0.1, 0.15) is 41.3 Å². The lowest BCUT2D eigenvalue weighted by Crippen LogP contribution is -2.27. The monoisotopic (exact) mass is 402 g/mol. The molecule has 154 valence electrons. The van der Waals surface area contributed by atoms with Crippen molar-refractivity contribution < 1.29 is 14.3 Å². The van der Waals surface area contributed by atoms with Gasteiger partial charge in [-0.1, -0.05) is 37.6 Å². The number of hydrogen-bond donors (Lipinski definition) is 1. The van der Waals surface area contributed by atoms with Gasteiger partial charge in [0.25, 0.3) is 5.91 Å². The number of rotatable bonds is 7. The van der Waals surface area contributed by atoms with Crippen LogP contribution >= 0.6 is 0 Å². The second kappa shape index (κ2) is 8.19. The zero-order valence-electron chi connectivity index (χ0n) is 17.6. The molecule has 0 atom stereocenters. The number of carbonyl (C=O) groups is 2. The lowest BCUT2D eigenvalue weighted by Gasteiger charge is -2.17. The van der Waals surface area contributed by atoms with Crippen LogP contribution in [0.15, 0.2) is 48.5 Å². The van der Waals surface area contributed by atoms with Crippen LogP contribution in [-0.4, -0.2) is 25.5 Å². The summed E-state index contributed by atoms with van der Waals surface area (Å²) in [5, 5.41) is 4.86. The van der Waals surface area contributed by atoms with E-state index in [-0.39, 0.29) is 18.2 Å². The number of methoxy groups -OCH3 is 1. The van der Waals surface area contributed by atoms with E-state index in [2.05, 4.69) is 12.2 Å². The largest absolute Gasteiger partial charge is 0.496 e. The van der Waals surface area contributed by atoms with Crippen molar-refractivity contribution in [2.75, 3.05) is 23.9 Å². The van der Waals surface area contributed by atoms with Gasteiger partial charge in [-0.3, -0.25) is 9.59 Å². The normalized spacial score (nSPS) is 12.5. The van der Waals surface area contributed by atoms with Crippen molar-refractivity contribution in [1.82, 2.24) is 0 Å². The van der Waals surface area contributed by atoms with Crippen molar-refractivity contribution in [3.05, 3.63) is 65.2 Å². The maximum atomic E-state index is 12.9. The van der Waals surface area contributed by atoms with Gasteiger partial charge < -0.3 is 15.0 Å². The number of anilines is 2. The van der Waals surface area contributed by atoms with Crippen LogP contribution in [0.5, 0.6) is 5.75 Å². The third-order valence-corrected chi connectivity index (χ3v) is 5.62. The second-order valence-electron chi connectivity index (χ2n) is 7.70. The molecule has 0 unspecified atom stereocenters. The van der Waals surface area contributed by atoms with Gasteiger partial charge in [0.05, 0.1) is 19.2 Å². The SMILES string of the molecule is CCCCN1C(=O)c2cccc3c(NC(=O)Cc4ccc(OC)c(C)c4)ccc1c23. The Morgan fingerprint density at radius 1 is 1.13 bits per heavy atom. The number of ether oxygens (including phenoxy) is 1. The predicted octanol–water partition coefficient (Wildman–Crippen LogP) is 5.10. The first-order valence-electron chi connectivity index (χ1n) is 10.3. The maximum absolute atomic E-state index is 12.9. The zero-order valence-corrected chi connectivity index (χ0v) is 17.6. The molecule has 0 fully saturated rings. The Hall–Kier alpha value is -3.34. The summed E-state index contributed by atoms with van der Waals surface area (Å²) >= 11 is 0. The van der Waals surface area contributed by atoms with Gasteiger partial charge in [-0.25, -0.2) is 0 Å². The van der Waals surface area contributed by atoms with Crippen LogP contribution in [0.25, 0.3) is 10.8 Å². The van der Waals surface area contributed by atoms with Crippen LogP contribution in [-0.2, 0) is 11.2 Å². The van der Waals surface area contributed by atoms with Crippen LogP contribution in [0.2, 0.25) is 0 Å². The molecule has 0 spiro atoms. The lowest BCUT2D eigenvalue weighted by atomic mass is 10.0. The van der Waals surface area contributed by atoms with E-state index in [1.165, 1.54) is 0 Å². The van der Waals surface area contributed by atoms with Gasteiger partial charge in [-0.2, -0.15) is 0 Å². The highest BCUT2D eigenvalue weighted by atomic mass is 16.5. The fraction of sp³-hybridized carbons (Fsp3) is 0.280. The van der Waals surface area contributed by atoms with E-state index < -0.39 is 0 Å². The van der Waals surface area contributed by atoms with E-state index in [1.54, 1.807) is 7.11 Å². The molecule has 1 aliphatic rings. The molecule has 0 saturated carbocycles. The van der Waals surface area contributed by atoms with Crippen molar-refractivity contribution in [2.24, 2.45) is 0 Å². The fourth-order valence-electron chi connectivity index (χ4n) is 4.12. The number of aryl methyl sites for hydroxylation is 1. The summed E-state index contributed by atoms with van der Waals surface area (Å²) in [5.41, 5.74) is 4.30. The van der Waals surface area contributed by atoms with E-state index in [1.807, 2.05) is 60.4 Å². The molecule has 0 radical (unpaired) electrons. The molecule has 2 amide bonds. The molecular formula is C25H26N2O3. The fourth-order valence-corrected chi connectivity index (χ4v) is 4.12. The Bertz CT molecular complexity index is 1140. The van der Waals surface area contributed by atoms with E-state index in [0.29, 0.717) is 12.1 Å². The summed E-state index contributed by atoms with van der Waals surface area (Å²) in [5.74, 6) is 0.762. The van der Waals surface area contributed by atoms with Crippen molar-refractivity contribution in [1.29, 1.82) is 0 Å². The standard InChI is InChI=1S/C25H26N2O3/c1-4-5-13-27-21-11-10-20(18-7-6-8-19(24(18)21)25(27)29)26-23(28)15-17-9-12-22(30-3)16(2)14-17/h6-12,14H,4-5,13,15H2,1-3H3,(H,26,28). The van der Waals surface area contributed by atoms with Gasteiger partial charge in [0, 0.05) is 28.6 Å². The molecule has 5 heteroatoms. The van der Waals surface area contributed by atoms with E-state index >= 15 is 0 Å². The maximum Gasteiger partial charge on any atom is 0.258 e. The molecule has 1 aliphatic heterocycles. The van der Waals surface area contributed by atoms with E-state index in [9.17, 15) is 9.59 Å². The zero-order chi connectivity index (χ0) is 21.3. The molecule has 0 aromatic heterocycles. The quantitative estimate of drug-likeness (QED) is 0.598. The topological polar surface area (TPSA) is 58.6 Å². The van der Waals surface area contributed by atoms with Gasteiger partial charge >= 0.3 is 0 Å². The van der Waals surface area contributed by atoms with Crippen molar-refractivity contribution in [2.45, 2.75) is 33.1 Å². The highest BCUT2D eigenvalue weighted by Crippen LogP contribution is 2.40. The Morgan fingerprint density at radius 2 is 1.97 bits per heavy atom. The molecular weight excluding hydrogens is 376 g/mol. The number of benzene rings is 3. The van der Waals surface area contributed by atoms with Crippen molar-refractivity contribution in [3.8, 4) is 5.75 Å². The average Bonchev–Trinajstić information content (AvgIpc) is 3.01. The van der Waals surface area contributed by atoms with Gasteiger partial charge in [0.15, 0.2) is 0 Å². The van der Waals surface area contributed by atoms with E-state index in [4.69, 9.17) is 4.74 Å². The Balaban J connectivity index is 1.60. The number of carbonyl (C=O) groups excluding carboxylic acids is 2. The first kappa shape index (κ1) is 20.0. The van der Waals surface area contributed by atoms with Gasteiger partial charge in [0.2, 0.25) is 5.91 Å². The highest BCUT2D eigenvalue weighted by molar-refractivity contribution is 6.27. The third-order valence-electron chi connectivity index (χ3n) is 5.62. The van der Waals surface area contributed by atoms with Gasteiger partial charge in [0.1, 0.15) is 5.75 Å². The molecule has 0 aliphatic carbocycles. The van der Waals surface area contributed by atoms with E-state index in [0.717, 1.165) is 51.9 Å². The van der Waals surface area contributed by atoms with Crippen molar-refractivity contribution in [3.63, 3.8) is 0 Å². The minimum atomic E-state index is -0.0903. The number of unbranched alkanes of at least 4 members (excludes halogenated alkanes) is 1. The Labute approximate surface area is 176 Å². The summed E-state index contributed by atoms with van der Waals surface area (Å²) in [6, 6.07) is 15.3. The summed E-state index contributed by atoms with van der Waals surface area (Å²) in [6.45, 7) is 4.79. The number of amides is 2. The molecule has 5 nitrogen and oxygen atoms in total. The number of hydrogen-bond acceptors (Lipinski definition) is 3. The minimum absolute atomic E-state index is 0.0428. The van der Waals surface area contributed by atoms with Gasteiger partial charge in [-0.15, -0.1) is 0 Å². The third kappa shape index (κ3) is 3.52. The van der Waals surface area contributed by atoms with Gasteiger partial charge in [-0.05, 0) is 48.7 Å². The summed E-state index contributed by atoms with van der Waals surface area (Å²) in [4.78, 5) is 27.5. The lowest BCUT2D eigenvalue weighted by molar-refractivity contribution is -0.115. The molecule has 0 saturated heterocycles. The predicted molar refractivity (Wildman–Crippen MR) is 121 cm³/mol. The van der Waals surface area contributed by atoms with Crippen LogP contribution in [0.3, 0.4) is 0 Å². The minimum Gasteiger partial charge on any atom is -0.496 e. The second-order valence-corrected chi connectivity index (χ2v) is 7.70. The molecule has 3 aromatic rings. The highest BCUT2D eigenvalue weighted by Gasteiger charge is 2.30. The molecule has 1 N–H and O–H groups in total. The molecule has 4 rings (SSSR count). The summed E-state index contributed by atoms with van der Waals surface area (Å²) in [6.07, 6.45) is 2.26. The summed E-state index contributed by atoms with van der Waals surface area (Å²) < 4.78 is 5.29. The first-order valence-corrected chi connectivity index (χ1v) is 10.3. The molecule has 30 heavy (non-hydrogen) atoms. The summed E-state index contributed by atoms with van der Waals surface area (Å²) in [7, 11) is 1.64. The average molecular weight is 402 g/mol. The number of nitrogens with one attached hydrogen (secondary N) is 1.